The van der Waals surface area contributed by atoms with Gasteiger partial charge in [-0.1, -0.05) is 44.2 Å². The lowest BCUT2D eigenvalue weighted by atomic mass is 10.0. The molecule has 3 aliphatic rings. The van der Waals surface area contributed by atoms with Gasteiger partial charge < -0.3 is 38.8 Å². The Balaban J connectivity index is 1.39. The number of aliphatic hydroxyl groups is 1. The van der Waals surface area contributed by atoms with Crippen molar-refractivity contribution >= 4 is 16.1 Å². The second-order valence-electron chi connectivity index (χ2n) is 13.1. The molecule has 0 saturated carbocycles. The van der Waals surface area contributed by atoms with Crippen molar-refractivity contribution in [3.05, 3.63) is 54.1 Å². The van der Waals surface area contributed by atoms with Crippen LogP contribution in [0, 0.1) is 5.92 Å². The molecule has 1 amide bonds. The summed E-state index contributed by atoms with van der Waals surface area (Å²) in [5, 5.41) is 14.4. The predicted molar refractivity (Wildman–Crippen MR) is 177 cm³/mol. The van der Waals surface area contributed by atoms with Gasteiger partial charge in [0.2, 0.25) is 10.0 Å². The second kappa shape index (κ2) is 17.6. The Morgan fingerprint density at radius 1 is 0.917 bits per heavy atom. The Morgan fingerprint density at radius 3 is 2.10 bits per heavy atom. The zero-order valence-corrected chi connectivity index (χ0v) is 28.8. The number of hydrogen-bond donors (Lipinski definition) is 2. The predicted octanol–water partition coefficient (Wildman–Crippen LogP) is 4.63. The topological polar surface area (TPSA) is 142 Å². The Hall–Kier alpha value is -2.94. The molecule has 2 N–H and O–H groups in total. The molecule has 5 rings (SSSR count). The molecule has 0 aromatic heterocycles. The van der Waals surface area contributed by atoms with Crippen LogP contribution in [0.2, 0.25) is 0 Å². The van der Waals surface area contributed by atoms with E-state index in [1.54, 1.807) is 6.07 Å². The minimum atomic E-state index is -4.20. The van der Waals surface area contributed by atoms with E-state index in [2.05, 4.69) is 5.32 Å². The van der Waals surface area contributed by atoms with Gasteiger partial charge in [0, 0.05) is 50.6 Å². The standard InChI is InChI=1S/C35H50N2O10S/c1-25(2)22-37(23-32(38)31(18-26-10-4-3-5-11-26)36-35(39)47-27-14-17-42-24-27)48(40,41)30-20-28(45-33-12-6-8-15-43-33)19-29(21-30)46-34-13-7-9-16-44-34/h3-5,10-11,19-21,25,27,31-34,38H,6-9,12-18,22-24H2,1-2H3,(H,36,39)/t27?,31-,32+,33?,34?/m0/s1. The summed E-state index contributed by atoms with van der Waals surface area (Å²) in [6, 6.07) is 13.2. The minimum Gasteiger partial charge on any atom is -0.465 e. The molecule has 3 aliphatic heterocycles. The van der Waals surface area contributed by atoms with Crippen LogP contribution in [0.1, 0.15) is 64.4 Å². The van der Waals surface area contributed by atoms with Crippen LogP contribution in [0.4, 0.5) is 4.79 Å². The van der Waals surface area contributed by atoms with E-state index < -0.39 is 40.8 Å². The molecule has 3 fully saturated rings. The molecule has 2 aromatic rings. The Morgan fingerprint density at radius 2 is 1.56 bits per heavy atom. The van der Waals surface area contributed by atoms with E-state index >= 15 is 0 Å². The number of carbonyl (C=O) groups excluding carboxylic acids is 1. The number of benzene rings is 2. The van der Waals surface area contributed by atoms with Gasteiger partial charge in [0.1, 0.15) is 17.6 Å². The first-order valence-electron chi connectivity index (χ1n) is 17.1. The molecule has 3 heterocycles. The Bertz CT molecular complexity index is 1350. The van der Waals surface area contributed by atoms with Crippen molar-refractivity contribution in [2.75, 3.05) is 39.5 Å². The van der Waals surface area contributed by atoms with Crippen molar-refractivity contribution in [1.29, 1.82) is 0 Å². The number of carbonyl (C=O) groups is 1. The SMILES string of the molecule is CC(C)CN(C[C@@H](O)[C@H](Cc1ccccc1)NC(=O)OC1CCOC1)S(=O)(=O)c1cc(OC2CCCCO2)cc(OC2CCCCO2)c1. The molecular weight excluding hydrogens is 640 g/mol. The van der Waals surface area contributed by atoms with Gasteiger partial charge in [-0.2, -0.15) is 4.31 Å². The molecular formula is C35H50N2O10S. The van der Waals surface area contributed by atoms with Crippen LogP contribution >= 0.6 is 0 Å². The number of alkyl carbamates (subject to hydrolysis) is 1. The fourth-order valence-electron chi connectivity index (χ4n) is 6.00. The van der Waals surface area contributed by atoms with Crippen molar-refractivity contribution in [3.63, 3.8) is 0 Å². The summed E-state index contributed by atoms with van der Waals surface area (Å²) < 4.78 is 64.8. The summed E-state index contributed by atoms with van der Waals surface area (Å²) in [5.41, 5.74) is 0.867. The molecule has 266 valence electrons. The third-order valence-corrected chi connectivity index (χ3v) is 10.3. The first-order valence-corrected chi connectivity index (χ1v) is 18.6. The van der Waals surface area contributed by atoms with Gasteiger partial charge in [0.25, 0.3) is 0 Å². The van der Waals surface area contributed by atoms with Gasteiger partial charge in [0.15, 0.2) is 12.6 Å². The number of nitrogens with zero attached hydrogens (tertiary/aromatic N) is 1. The zero-order valence-electron chi connectivity index (χ0n) is 28.0. The zero-order chi connectivity index (χ0) is 33.9. The highest BCUT2D eigenvalue weighted by Gasteiger charge is 2.33. The average Bonchev–Trinajstić information content (AvgIpc) is 3.58. The molecule has 0 radical (unpaired) electrons. The third kappa shape index (κ3) is 10.8. The van der Waals surface area contributed by atoms with E-state index in [4.69, 9.17) is 28.4 Å². The summed E-state index contributed by atoms with van der Waals surface area (Å²) in [6.07, 6.45) is 2.69. The highest BCUT2D eigenvalue weighted by molar-refractivity contribution is 7.89. The first kappa shape index (κ1) is 36.3. The molecule has 48 heavy (non-hydrogen) atoms. The van der Waals surface area contributed by atoms with Crippen LogP contribution < -0.4 is 14.8 Å². The van der Waals surface area contributed by atoms with E-state index in [1.807, 2.05) is 44.2 Å². The van der Waals surface area contributed by atoms with Crippen molar-refractivity contribution in [2.24, 2.45) is 5.92 Å². The van der Waals surface area contributed by atoms with Gasteiger partial charge in [-0.05, 0) is 43.6 Å². The van der Waals surface area contributed by atoms with Crippen LogP contribution in [0.15, 0.2) is 53.4 Å². The molecule has 2 aromatic carbocycles. The van der Waals surface area contributed by atoms with Gasteiger partial charge in [-0.3, -0.25) is 0 Å². The summed E-state index contributed by atoms with van der Waals surface area (Å²) in [5.74, 6) is 0.545. The van der Waals surface area contributed by atoms with Gasteiger partial charge in [-0.15, -0.1) is 0 Å². The van der Waals surface area contributed by atoms with E-state index in [-0.39, 0.29) is 36.4 Å². The monoisotopic (exact) mass is 690 g/mol. The van der Waals surface area contributed by atoms with Crippen LogP contribution in [-0.2, 0) is 35.4 Å². The molecule has 3 unspecified atom stereocenters. The number of ether oxygens (including phenoxy) is 6. The first-order chi connectivity index (χ1) is 23.2. The quantitative estimate of drug-likeness (QED) is 0.272. The molecule has 12 nitrogen and oxygen atoms in total. The van der Waals surface area contributed by atoms with Crippen LogP contribution in [0.25, 0.3) is 0 Å². The van der Waals surface area contributed by atoms with Gasteiger partial charge in [-0.25, -0.2) is 13.2 Å². The molecule has 5 atom stereocenters. The number of nitrogens with one attached hydrogen (secondary N) is 1. The molecule has 13 heteroatoms. The van der Waals surface area contributed by atoms with Crippen molar-refractivity contribution in [3.8, 4) is 11.5 Å². The van der Waals surface area contributed by atoms with Crippen LogP contribution in [-0.4, -0.2) is 94.3 Å². The normalized spacial score (nSPS) is 23.1. The smallest absolute Gasteiger partial charge is 0.407 e. The summed E-state index contributed by atoms with van der Waals surface area (Å²) >= 11 is 0. The molecule has 0 spiro atoms. The maximum Gasteiger partial charge on any atom is 0.407 e. The van der Waals surface area contributed by atoms with Crippen LogP contribution in [0.3, 0.4) is 0 Å². The van der Waals surface area contributed by atoms with E-state index in [1.165, 1.54) is 16.4 Å². The summed E-state index contributed by atoms with van der Waals surface area (Å²) in [4.78, 5) is 12.9. The average molecular weight is 691 g/mol. The highest BCUT2D eigenvalue weighted by Crippen LogP contribution is 2.32. The number of hydrogen-bond acceptors (Lipinski definition) is 10. The summed E-state index contributed by atoms with van der Waals surface area (Å²) in [6.45, 7) is 5.63. The molecule has 0 aliphatic carbocycles. The van der Waals surface area contributed by atoms with E-state index in [0.29, 0.717) is 57.2 Å². The van der Waals surface area contributed by atoms with Crippen molar-refractivity contribution in [2.45, 2.75) is 101 Å². The second-order valence-corrected chi connectivity index (χ2v) is 15.0. The van der Waals surface area contributed by atoms with Gasteiger partial charge >= 0.3 is 6.09 Å². The van der Waals surface area contributed by atoms with E-state index in [9.17, 15) is 18.3 Å². The highest BCUT2D eigenvalue weighted by atomic mass is 32.2. The lowest BCUT2D eigenvalue weighted by Crippen LogP contribution is -2.51. The number of aliphatic hydroxyl groups excluding tert-OH is 1. The number of amides is 1. The fourth-order valence-corrected chi connectivity index (χ4v) is 7.67. The Labute approximate surface area is 284 Å². The lowest BCUT2D eigenvalue weighted by molar-refractivity contribution is -0.109. The molecule has 0 bridgehead atoms. The maximum atomic E-state index is 14.4. The number of sulfonamides is 1. The number of rotatable bonds is 15. The fraction of sp³-hybridized carbons (Fsp3) is 0.629. The summed E-state index contributed by atoms with van der Waals surface area (Å²) in [7, 11) is -4.20. The van der Waals surface area contributed by atoms with Crippen molar-refractivity contribution < 1.29 is 46.7 Å². The largest absolute Gasteiger partial charge is 0.465 e. The van der Waals surface area contributed by atoms with Crippen LogP contribution in [0.5, 0.6) is 11.5 Å². The molecule has 3 saturated heterocycles. The van der Waals surface area contributed by atoms with Gasteiger partial charge in [0.05, 0.1) is 43.5 Å². The maximum absolute atomic E-state index is 14.4. The Kier molecular flexibility index (Phi) is 13.4. The minimum absolute atomic E-state index is 0.0392. The van der Waals surface area contributed by atoms with Crippen molar-refractivity contribution in [1.82, 2.24) is 9.62 Å². The lowest BCUT2D eigenvalue weighted by Gasteiger charge is -2.31. The third-order valence-electron chi connectivity index (χ3n) is 8.49. The van der Waals surface area contributed by atoms with E-state index in [0.717, 1.165) is 31.2 Å².